The van der Waals surface area contributed by atoms with E-state index >= 15 is 0 Å². The first-order valence-corrected chi connectivity index (χ1v) is 6.60. The zero-order valence-electron chi connectivity index (χ0n) is 9.11. The molecular formula is C11H12Br2F3N. The van der Waals surface area contributed by atoms with E-state index in [4.69, 9.17) is 0 Å². The number of hydrogen-bond donors (Lipinski definition) is 1. The molecule has 1 nitrogen and oxygen atoms in total. The van der Waals surface area contributed by atoms with Gasteiger partial charge in [0, 0.05) is 21.5 Å². The van der Waals surface area contributed by atoms with Crippen molar-refractivity contribution in [2.45, 2.75) is 32.1 Å². The number of rotatable bonds is 4. The predicted molar refractivity (Wildman–Crippen MR) is 68.8 cm³/mol. The van der Waals surface area contributed by atoms with Crippen LogP contribution in [0.4, 0.5) is 13.2 Å². The summed E-state index contributed by atoms with van der Waals surface area (Å²) in [5, 5.41) is 2.85. The van der Waals surface area contributed by atoms with Crippen LogP contribution in [0.5, 0.6) is 0 Å². The Morgan fingerprint density at radius 2 is 1.88 bits per heavy atom. The molecule has 1 atom stereocenters. The fourth-order valence-electron chi connectivity index (χ4n) is 1.36. The van der Waals surface area contributed by atoms with Gasteiger partial charge in [-0.05, 0) is 56.5 Å². The molecule has 0 heterocycles. The lowest BCUT2D eigenvalue weighted by Crippen LogP contribution is -2.30. The summed E-state index contributed by atoms with van der Waals surface area (Å²) in [5.41, 5.74) is 0.939. The standard InChI is InChI=1S/C11H12Br2F3N/c1-7(5-11(14,15)16)17-6-8-2-3-9(12)10(13)4-8/h2-4,7,17H,5-6H2,1H3. The molecule has 0 aliphatic heterocycles. The molecule has 1 aromatic rings. The minimum Gasteiger partial charge on any atom is -0.310 e. The molecule has 1 unspecified atom stereocenters. The minimum atomic E-state index is -4.12. The second kappa shape index (κ2) is 6.20. The van der Waals surface area contributed by atoms with Crippen molar-refractivity contribution < 1.29 is 13.2 Å². The van der Waals surface area contributed by atoms with Crippen LogP contribution in [0.15, 0.2) is 27.1 Å². The molecule has 1 N–H and O–H groups in total. The predicted octanol–water partition coefficient (Wildman–Crippen LogP) is 4.64. The molecule has 0 saturated carbocycles. The highest BCUT2D eigenvalue weighted by Crippen LogP contribution is 2.24. The van der Waals surface area contributed by atoms with E-state index in [1.54, 1.807) is 0 Å². The summed E-state index contributed by atoms with van der Waals surface area (Å²) in [6.45, 7) is 1.95. The first kappa shape index (κ1) is 15.0. The third kappa shape index (κ3) is 5.88. The first-order chi connectivity index (χ1) is 7.78. The Kier molecular flexibility index (Phi) is 5.47. The molecule has 6 heteroatoms. The van der Waals surface area contributed by atoms with E-state index in [2.05, 4.69) is 37.2 Å². The van der Waals surface area contributed by atoms with Gasteiger partial charge in [-0.1, -0.05) is 6.07 Å². The summed E-state index contributed by atoms with van der Waals surface area (Å²) in [6.07, 6.45) is -4.93. The Morgan fingerprint density at radius 1 is 1.24 bits per heavy atom. The van der Waals surface area contributed by atoms with Crippen LogP contribution < -0.4 is 5.32 Å². The van der Waals surface area contributed by atoms with Crippen molar-refractivity contribution >= 4 is 31.9 Å². The Balaban J connectivity index is 2.47. The SMILES string of the molecule is CC(CC(F)(F)F)NCc1ccc(Br)c(Br)c1. The fraction of sp³-hybridized carbons (Fsp3) is 0.455. The van der Waals surface area contributed by atoms with Gasteiger partial charge in [0.15, 0.2) is 0 Å². The van der Waals surface area contributed by atoms with E-state index in [0.717, 1.165) is 14.5 Å². The number of alkyl halides is 3. The lowest BCUT2D eigenvalue weighted by Gasteiger charge is -2.16. The third-order valence-electron chi connectivity index (χ3n) is 2.18. The molecule has 96 valence electrons. The van der Waals surface area contributed by atoms with Crippen molar-refractivity contribution in [1.29, 1.82) is 0 Å². The highest BCUT2D eigenvalue weighted by molar-refractivity contribution is 9.13. The van der Waals surface area contributed by atoms with Gasteiger partial charge in [-0.2, -0.15) is 13.2 Å². The van der Waals surface area contributed by atoms with Crippen LogP contribution >= 0.6 is 31.9 Å². The van der Waals surface area contributed by atoms with Crippen molar-refractivity contribution in [3.8, 4) is 0 Å². The minimum absolute atomic E-state index is 0.420. The van der Waals surface area contributed by atoms with Gasteiger partial charge in [0.1, 0.15) is 0 Å². The summed E-state index contributed by atoms with van der Waals surface area (Å²) < 4.78 is 38.1. The summed E-state index contributed by atoms with van der Waals surface area (Å²) in [5.74, 6) is 0. The summed E-state index contributed by atoms with van der Waals surface area (Å²) in [4.78, 5) is 0. The van der Waals surface area contributed by atoms with Gasteiger partial charge in [0.25, 0.3) is 0 Å². The van der Waals surface area contributed by atoms with Crippen molar-refractivity contribution in [2.75, 3.05) is 0 Å². The van der Waals surface area contributed by atoms with Crippen LogP contribution in [-0.2, 0) is 6.54 Å². The number of benzene rings is 1. The van der Waals surface area contributed by atoms with E-state index in [0.29, 0.717) is 6.54 Å². The Hall–Kier alpha value is -0.0700. The second-order valence-electron chi connectivity index (χ2n) is 3.85. The average molecular weight is 375 g/mol. The normalized spacial score (nSPS) is 13.8. The molecular weight excluding hydrogens is 363 g/mol. The zero-order valence-corrected chi connectivity index (χ0v) is 12.3. The molecule has 1 aromatic carbocycles. The van der Waals surface area contributed by atoms with Gasteiger partial charge in [0.2, 0.25) is 0 Å². The van der Waals surface area contributed by atoms with Crippen molar-refractivity contribution in [1.82, 2.24) is 5.32 Å². The van der Waals surface area contributed by atoms with Gasteiger partial charge < -0.3 is 5.32 Å². The van der Waals surface area contributed by atoms with Crippen molar-refractivity contribution in [3.63, 3.8) is 0 Å². The molecule has 0 fully saturated rings. The molecule has 0 aliphatic carbocycles. The Bertz CT molecular complexity index is 379. The van der Waals surface area contributed by atoms with E-state index < -0.39 is 18.6 Å². The number of halogens is 5. The number of nitrogens with one attached hydrogen (secondary N) is 1. The zero-order chi connectivity index (χ0) is 13.1. The van der Waals surface area contributed by atoms with E-state index in [1.807, 2.05) is 18.2 Å². The topological polar surface area (TPSA) is 12.0 Å². The maximum absolute atomic E-state index is 12.1. The van der Waals surface area contributed by atoms with Gasteiger partial charge in [0.05, 0.1) is 6.42 Å². The molecule has 0 saturated heterocycles. The lowest BCUT2D eigenvalue weighted by molar-refractivity contribution is -0.139. The van der Waals surface area contributed by atoms with Gasteiger partial charge in [-0.15, -0.1) is 0 Å². The summed E-state index contributed by atoms with van der Waals surface area (Å²) in [7, 11) is 0. The monoisotopic (exact) mass is 373 g/mol. The number of hydrogen-bond acceptors (Lipinski definition) is 1. The maximum Gasteiger partial charge on any atom is 0.390 e. The van der Waals surface area contributed by atoms with E-state index in [-0.39, 0.29) is 0 Å². The first-order valence-electron chi connectivity index (χ1n) is 5.02. The largest absolute Gasteiger partial charge is 0.390 e. The Labute approximate surface area is 115 Å². The second-order valence-corrected chi connectivity index (χ2v) is 5.56. The Morgan fingerprint density at radius 3 is 2.41 bits per heavy atom. The van der Waals surface area contributed by atoms with Crippen LogP contribution in [0.25, 0.3) is 0 Å². The van der Waals surface area contributed by atoms with Crippen LogP contribution in [-0.4, -0.2) is 12.2 Å². The highest BCUT2D eigenvalue weighted by Gasteiger charge is 2.29. The van der Waals surface area contributed by atoms with E-state index in [1.165, 1.54) is 6.92 Å². The molecule has 0 aromatic heterocycles. The molecule has 0 aliphatic rings. The quantitative estimate of drug-likeness (QED) is 0.809. The van der Waals surface area contributed by atoms with Crippen LogP contribution in [0, 0.1) is 0 Å². The van der Waals surface area contributed by atoms with Crippen LogP contribution in [0.1, 0.15) is 18.9 Å². The van der Waals surface area contributed by atoms with E-state index in [9.17, 15) is 13.2 Å². The average Bonchev–Trinajstić information content (AvgIpc) is 2.17. The molecule has 0 spiro atoms. The van der Waals surface area contributed by atoms with Crippen LogP contribution in [0.3, 0.4) is 0 Å². The molecule has 0 radical (unpaired) electrons. The summed E-state index contributed by atoms with van der Waals surface area (Å²) >= 11 is 6.68. The van der Waals surface area contributed by atoms with Gasteiger partial charge >= 0.3 is 6.18 Å². The smallest absolute Gasteiger partial charge is 0.310 e. The van der Waals surface area contributed by atoms with Crippen molar-refractivity contribution in [3.05, 3.63) is 32.7 Å². The highest BCUT2D eigenvalue weighted by atomic mass is 79.9. The lowest BCUT2D eigenvalue weighted by atomic mass is 10.2. The summed E-state index contributed by atoms with van der Waals surface area (Å²) in [6, 6.07) is 5.01. The molecule has 0 amide bonds. The fourth-order valence-corrected chi connectivity index (χ4v) is 2.03. The third-order valence-corrected chi connectivity index (χ3v) is 4.06. The van der Waals surface area contributed by atoms with Crippen LogP contribution in [0.2, 0.25) is 0 Å². The van der Waals surface area contributed by atoms with Gasteiger partial charge in [-0.3, -0.25) is 0 Å². The molecule has 0 bridgehead atoms. The van der Waals surface area contributed by atoms with Crippen molar-refractivity contribution in [2.24, 2.45) is 0 Å². The molecule has 17 heavy (non-hydrogen) atoms. The molecule has 1 rings (SSSR count). The van der Waals surface area contributed by atoms with Gasteiger partial charge in [-0.25, -0.2) is 0 Å². The maximum atomic E-state index is 12.1.